The molecule has 0 aliphatic carbocycles. The Bertz CT molecular complexity index is 649. The number of hydrogen-bond acceptors (Lipinski definition) is 4. The van der Waals surface area contributed by atoms with Gasteiger partial charge in [-0.15, -0.1) is 0 Å². The number of benzene rings is 1. The first kappa shape index (κ1) is 24.6. The van der Waals surface area contributed by atoms with Gasteiger partial charge in [0.25, 0.3) is 0 Å². The van der Waals surface area contributed by atoms with Gasteiger partial charge in [-0.05, 0) is 38.9 Å². The van der Waals surface area contributed by atoms with Crippen LogP contribution in [0.3, 0.4) is 0 Å². The number of likely N-dealkylation sites (N-methyl/N-ethyl adjacent to an activating group) is 2. The van der Waals surface area contributed by atoms with E-state index in [2.05, 4.69) is 5.32 Å². The fourth-order valence-corrected chi connectivity index (χ4v) is 2.97. The zero-order valence-electron chi connectivity index (χ0n) is 18.2. The van der Waals surface area contributed by atoms with Crippen molar-refractivity contribution < 1.29 is 14.4 Å². The first-order valence-electron chi connectivity index (χ1n) is 10.2. The third-order valence-electron chi connectivity index (χ3n) is 5.14. The molecule has 0 fully saturated rings. The van der Waals surface area contributed by atoms with E-state index >= 15 is 0 Å². The Hall–Kier alpha value is -2.41. The maximum absolute atomic E-state index is 12.8. The zero-order chi connectivity index (χ0) is 21.8. The van der Waals surface area contributed by atoms with E-state index in [1.807, 2.05) is 56.3 Å². The van der Waals surface area contributed by atoms with Crippen molar-refractivity contribution in [1.29, 1.82) is 0 Å². The molecule has 0 spiro atoms. The number of carbonyl (C=O) groups is 3. The van der Waals surface area contributed by atoms with Crippen LogP contribution in [0.1, 0.15) is 31.7 Å². The Morgan fingerprint density at radius 1 is 1.03 bits per heavy atom. The Morgan fingerprint density at radius 3 is 2.24 bits per heavy atom. The SMILES string of the molecule is CC[C@H](CNC(=O)[C@H](CCc1ccccc1)CC(=O)N(C)CCN(C)C)C(N)=O. The Kier molecular flexibility index (Phi) is 11.0. The molecule has 7 nitrogen and oxygen atoms in total. The van der Waals surface area contributed by atoms with E-state index < -0.39 is 17.7 Å². The second-order valence-electron chi connectivity index (χ2n) is 7.80. The van der Waals surface area contributed by atoms with Gasteiger partial charge in [0.1, 0.15) is 0 Å². The molecule has 162 valence electrons. The van der Waals surface area contributed by atoms with Crippen LogP contribution in [0.2, 0.25) is 0 Å². The summed E-state index contributed by atoms with van der Waals surface area (Å²) < 4.78 is 0. The molecule has 1 aromatic carbocycles. The molecule has 3 amide bonds. The van der Waals surface area contributed by atoms with Crippen LogP contribution in [0.15, 0.2) is 30.3 Å². The molecule has 0 heterocycles. The van der Waals surface area contributed by atoms with Gasteiger partial charge < -0.3 is 20.9 Å². The lowest BCUT2D eigenvalue weighted by atomic mass is 9.94. The highest BCUT2D eigenvalue weighted by molar-refractivity contribution is 5.86. The summed E-state index contributed by atoms with van der Waals surface area (Å²) in [5, 5.41) is 2.83. The molecule has 0 aliphatic heterocycles. The van der Waals surface area contributed by atoms with Crippen LogP contribution in [0.5, 0.6) is 0 Å². The zero-order valence-corrected chi connectivity index (χ0v) is 18.2. The highest BCUT2D eigenvalue weighted by Gasteiger charge is 2.25. The van der Waals surface area contributed by atoms with Gasteiger partial charge in [-0.3, -0.25) is 14.4 Å². The molecule has 0 unspecified atom stereocenters. The fourth-order valence-electron chi connectivity index (χ4n) is 2.97. The number of primary amides is 1. The number of amides is 3. The van der Waals surface area contributed by atoms with Crippen LogP contribution in [-0.2, 0) is 20.8 Å². The minimum Gasteiger partial charge on any atom is -0.369 e. The molecule has 0 radical (unpaired) electrons. The van der Waals surface area contributed by atoms with Crippen molar-refractivity contribution >= 4 is 17.7 Å². The maximum atomic E-state index is 12.8. The topological polar surface area (TPSA) is 95.7 Å². The molecule has 0 aromatic heterocycles. The molecule has 0 saturated carbocycles. The quantitative estimate of drug-likeness (QED) is 0.518. The normalized spacial score (nSPS) is 13.0. The lowest BCUT2D eigenvalue weighted by Crippen LogP contribution is -2.41. The minimum absolute atomic E-state index is 0.0537. The van der Waals surface area contributed by atoms with Crippen molar-refractivity contribution in [3.8, 4) is 0 Å². The minimum atomic E-state index is -0.449. The van der Waals surface area contributed by atoms with Crippen LogP contribution < -0.4 is 11.1 Å². The summed E-state index contributed by atoms with van der Waals surface area (Å²) in [6, 6.07) is 9.90. The maximum Gasteiger partial charge on any atom is 0.223 e. The van der Waals surface area contributed by atoms with Crippen LogP contribution in [-0.4, -0.2) is 68.3 Å². The Labute approximate surface area is 174 Å². The largest absolute Gasteiger partial charge is 0.369 e. The van der Waals surface area contributed by atoms with Crippen molar-refractivity contribution in [3.63, 3.8) is 0 Å². The van der Waals surface area contributed by atoms with E-state index in [1.165, 1.54) is 0 Å². The second kappa shape index (κ2) is 12.9. The van der Waals surface area contributed by atoms with E-state index in [1.54, 1.807) is 11.9 Å². The van der Waals surface area contributed by atoms with Crippen molar-refractivity contribution in [3.05, 3.63) is 35.9 Å². The number of nitrogens with zero attached hydrogens (tertiary/aromatic N) is 2. The molecule has 0 aliphatic rings. The van der Waals surface area contributed by atoms with Gasteiger partial charge in [-0.2, -0.15) is 0 Å². The number of rotatable bonds is 13. The number of hydrogen-bond donors (Lipinski definition) is 2. The van der Waals surface area contributed by atoms with Gasteiger partial charge in [0.05, 0.1) is 5.92 Å². The summed E-state index contributed by atoms with van der Waals surface area (Å²) in [7, 11) is 5.67. The second-order valence-corrected chi connectivity index (χ2v) is 7.80. The lowest BCUT2D eigenvalue weighted by molar-refractivity contribution is -0.136. The van der Waals surface area contributed by atoms with E-state index in [9.17, 15) is 14.4 Å². The average Bonchev–Trinajstić information content (AvgIpc) is 2.69. The molecule has 1 rings (SSSR count). The highest BCUT2D eigenvalue weighted by atomic mass is 16.2. The summed E-state index contributed by atoms with van der Waals surface area (Å²) in [4.78, 5) is 40.5. The Balaban J connectivity index is 2.74. The number of carbonyl (C=O) groups excluding carboxylic acids is 3. The molecule has 2 atom stereocenters. The summed E-state index contributed by atoms with van der Waals surface area (Å²) in [5.41, 5.74) is 6.49. The average molecular weight is 405 g/mol. The standard InChI is InChI=1S/C22H36N4O3/c1-5-18(21(23)28)16-24-22(29)19(12-11-17-9-7-6-8-10-17)15-20(27)26(4)14-13-25(2)3/h6-10,18-19H,5,11-16H2,1-4H3,(H2,23,28)(H,24,29)/t18-,19-/m1/s1. The molecule has 29 heavy (non-hydrogen) atoms. The predicted octanol–water partition coefficient (Wildman–Crippen LogP) is 1.27. The van der Waals surface area contributed by atoms with E-state index in [0.29, 0.717) is 25.8 Å². The molecule has 7 heteroatoms. The highest BCUT2D eigenvalue weighted by Crippen LogP contribution is 2.16. The van der Waals surface area contributed by atoms with E-state index in [4.69, 9.17) is 5.73 Å². The van der Waals surface area contributed by atoms with Crippen LogP contribution in [0.25, 0.3) is 0 Å². The van der Waals surface area contributed by atoms with Gasteiger partial charge in [0.15, 0.2) is 0 Å². The molecule has 3 N–H and O–H groups in total. The third-order valence-corrected chi connectivity index (χ3v) is 5.14. The van der Waals surface area contributed by atoms with Gasteiger partial charge >= 0.3 is 0 Å². The van der Waals surface area contributed by atoms with Crippen molar-refractivity contribution in [2.45, 2.75) is 32.6 Å². The molecular weight excluding hydrogens is 368 g/mol. The van der Waals surface area contributed by atoms with Gasteiger partial charge in [0, 0.05) is 39.0 Å². The molecule has 0 saturated heterocycles. The lowest BCUT2D eigenvalue weighted by Gasteiger charge is -2.23. The number of nitrogens with two attached hydrogens (primary N) is 1. The van der Waals surface area contributed by atoms with Crippen molar-refractivity contribution in [2.24, 2.45) is 17.6 Å². The summed E-state index contributed by atoms with van der Waals surface area (Å²) in [6.45, 7) is 3.44. The van der Waals surface area contributed by atoms with Gasteiger partial charge in [-0.1, -0.05) is 37.3 Å². The molecular formula is C22H36N4O3. The first-order valence-corrected chi connectivity index (χ1v) is 10.2. The van der Waals surface area contributed by atoms with Gasteiger partial charge in [0.2, 0.25) is 17.7 Å². The first-order chi connectivity index (χ1) is 13.7. The van der Waals surface area contributed by atoms with E-state index in [-0.39, 0.29) is 24.8 Å². The van der Waals surface area contributed by atoms with Crippen LogP contribution >= 0.6 is 0 Å². The van der Waals surface area contributed by atoms with Crippen LogP contribution in [0.4, 0.5) is 0 Å². The molecule has 1 aromatic rings. The smallest absolute Gasteiger partial charge is 0.223 e. The summed E-state index contributed by atoms with van der Waals surface area (Å²) >= 11 is 0. The van der Waals surface area contributed by atoms with Gasteiger partial charge in [-0.25, -0.2) is 0 Å². The fraction of sp³-hybridized carbons (Fsp3) is 0.591. The third kappa shape index (κ3) is 9.56. The summed E-state index contributed by atoms with van der Waals surface area (Å²) in [5.74, 6) is -1.52. The van der Waals surface area contributed by atoms with Crippen LogP contribution in [0, 0.1) is 11.8 Å². The van der Waals surface area contributed by atoms with E-state index in [0.717, 1.165) is 12.1 Å². The van der Waals surface area contributed by atoms with Crippen molar-refractivity contribution in [1.82, 2.24) is 15.1 Å². The monoisotopic (exact) mass is 404 g/mol. The Morgan fingerprint density at radius 2 is 1.69 bits per heavy atom. The number of aryl methyl sites for hydroxylation is 1. The summed E-state index contributed by atoms with van der Waals surface area (Å²) in [6.07, 6.45) is 1.99. The molecule has 0 bridgehead atoms. The number of nitrogens with one attached hydrogen (secondary N) is 1. The van der Waals surface area contributed by atoms with Crippen molar-refractivity contribution in [2.75, 3.05) is 40.8 Å². The predicted molar refractivity (Wildman–Crippen MR) is 115 cm³/mol.